The molecule has 1 aromatic heterocycles. The molecule has 0 aliphatic heterocycles. The molecule has 0 radical (unpaired) electrons. The van der Waals surface area contributed by atoms with Crippen molar-refractivity contribution < 1.29 is 9.47 Å². The molecule has 0 atom stereocenters. The number of hydrogen-bond acceptors (Lipinski definition) is 6. The van der Waals surface area contributed by atoms with Gasteiger partial charge in [-0.25, -0.2) is 4.68 Å². The fraction of sp³-hybridized carbons (Fsp3) is 0.381. The number of anilines is 1. The fourth-order valence-corrected chi connectivity index (χ4v) is 3.66. The van der Waals surface area contributed by atoms with E-state index in [9.17, 15) is 0 Å². The Kier molecular flexibility index (Phi) is 8.33. The van der Waals surface area contributed by atoms with Crippen LogP contribution >= 0.6 is 27.5 Å². The molecule has 0 saturated carbocycles. The molecule has 3 aromatic rings. The lowest BCUT2D eigenvalue weighted by Gasteiger charge is -2.16. The normalized spacial score (nSPS) is 10.8. The van der Waals surface area contributed by atoms with Gasteiger partial charge in [-0.05, 0) is 63.5 Å². The van der Waals surface area contributed by atoms with E-state index in [0.29, 0.717) is 42.2 Å². The average molecular weight is 495 g/mol. The van der Waals surface area contributed by atoms with Gasteiger partial charge in [0, 0.05) is 23.7 Å². The summed E-state index contributed by atoms with van der Waals surface area (Å²) >= 11 is 9.86. The van der Waals surface area contributed by atoms with Gasteiger partial charge in [0.05, 0.1) is 11.1 Å². The second-order valence-electron chi connectivity index (χ2n) is 6.65. The molecular formula is C21H25BrClN5O2. The number of tetrazole rings is 1. The zero-order valence-corrected chi connectivity index (χ0v) is 19.4. The van der Waals surface area contributed by atoms with Gasteiger partial charge >= 0.3 is 0 Å². The first-order chi connectivity index (χ1) is 14.6. The number of benzene rings is 2. The summed E-state index contributed by atoms with van der Waals surface area (Å²) in [5.74, 6) is 1.96. The maximum Gasteiger partial charge on any atom is 0.243 e. The van der Waals surface area contributed by atoms with Gasteiger partial charge in [-0.15, -0.1) is 0 Å². The molecule has 0 aliphatic rings. The highest BCUT2D eigenvalue weighted by atomic mass is 79.9. The highest BCUT2D eigenvalue weighted by Gasteiger charge is 2.14. The number of aryl methyl sites for hydroxylation is 1. The summed E-state index contributed by atoms with van der Waals surface area (Å²) in [4.78, 5) is 0. The first-order valence-electron chi connectivity index (χ1n) is 9.93. The van der Waals surface area contributed by atoms with Crippen molar-refractivity contribution in [3.05, 3.63) is 57.0 Å². The smallest absolute Gasteiger partial charge is 0.243 e. The van der Waals surface area contributed by atoms with Crippen molar-refractivity contribution in [2.75, 3.05) is 11.9 Å². The number of aromatic nitrogens is 4. The van der Waals surface area contributed by atoms with E-state index in [1.807, 2.05) is 43.3 Å². The number of halogens is 2. The third kappa shape index (κ3) is 5.86. The molecule has 2 aromatic carbocycles. The van der Waals surface area contributed by atoms with Crippen LogP contribution in [0.25, 0.3) is 0 Å². The minimum atomic E-state index is 0.349. The van der Waals surface area contributed by atoms with Crippen LogP contribution in [0, 0.1) is 0 Å². The van der Waals surface area contributed by atoms with E-state index in [0.717, 1.165) is 35.0 Å². The Balaban J connectivity index is 1.72. The van der Waals surface area contributed by atoms with Crippen molar-refractivity contribution in [3.8, 4) is 11.5 Å². The Morgan fingerprint density at radius 2 is 2.00 bits per heavy atom. The number of nitrogens with zero attached hydrogens (tertiary/aromatic N) is 4. The molecule has 1 N–H and O–H groups in total. The SMILES string of the molecule is CCCCn1nnnc1NCc1cc(Br)c(OCc2ccccc2Cl)c(OCC)c1. The van der Waals surface area contributed by atoms with Crippen LogP contribution in [0.15, 0.2) is 40.9 Å². The van der Waals surface area contributed by atoms with Gasteiger partial charge in [-0.1, -0.05) is 48.2 Å². The van der Waals surface area contributed by atoms with Crippen LogP contribution in [-0.4, -0.2) is 26.8 Å². The minimum Gasteiger partial charge on any atom is -0.490 e. The van der Waals surface area contributed by atoms with E-state index in [2.05, 4.69) is 43.7 Å². The molecule has 0 saturated heterocycles. The van der Waals surface area contributed by atoms with Gasteiger partial charge < -0.3 is 14.8 Å². The number of unbranched alkanes of at least 4 members (excludes halogenated alkanes) is 1. The number of hydrogen-bond donors (Lipinski definition) is 1. The summed E-state index contributed by atoms with van der Waals surface area (Å²) in [6.45, 7) is 6.30. The Morgan fingerprint density at radius 3 is 2.77 bits per heavy atom. The summed E-state index contributed by atoms with van der Waals surface area (Å²) in [5.41, 5.74) is 1.93. The summed E-state index contributed by atoms with van der Waals surface area (Å²) < 4.78 is 14.5. The Morgan fingerprint density at radius 1 is 1.17 bits per heavy atom. The first-order valence-corrected chi connectivity index (χ1v) is 11.1. The predicted molar refractivity (Wildman–Crippen MR) is 121 cm³/mol. The minimum absolute atomic E-state index is 0.349. The molecule has 30 heavy (non-hydrogen) atoms. The molecule has 0 amide bonds. The van der Waals surface area contributed by atoms with Gasteiger partial charge in [0.15, 0.2) is 11.5 Å². The number of nitrogens with one attached hydrogen (secondary N) is 1. The van der Waals surface area contributed by atoms with Crippen LogP contribution in [0.1, 0.15) is 37.8 Å². The van der Waals surface area contributed by atoms with Crippen molar-refractivity contribution >= 4 is 33.5 Å². The molecule has 0 bridgehead atoms. The van der Waals surface area contributed by atoms with Gasteiger partial charge in [-0.2, -0.15) is 0 Å². The number of rotatable bonds is 11. The lowest BCUT2D eigenvalue weighted by molar-refractivity contribution is 0.267. The topological polar surface area (TPSA) is 74.1 Å². The van der Waals surface area contributed by atoms with Crippen LogP contribution in [0.3, 0.4) is 0 Å². The predicted octanol–water partition coefficient (Wildman–Crippen LogP) is 5.48. The van der Waals surface area contributed by atoms with Crippen molar-refractivity contribution in [3.63, 3.8) is 0 Å². The molecule has 160 valence electrons. The molecule has 1 heterocycles. The van der Waals surface area contributed by atoms with E-state index in [4.69, 9.17) is 21.1 Å². The van der Waals surface area contributed by atoms with E-state index < -0.39 is 0 Å². The third-order valence-electron chi connectivity index (χ3n) is 4.40. The van der Waals surface area contributed by atoms with Crippen LogP contribution in [-0.2, 0) is 19.7 Å². The zero-order chi connectivity index (χ0) is 21.3. The molecule has 0 unspecified atom stereocenters. The molecule has 3 rings (SSSR count). The largest absolute Gasteiger partial charge is 0.490 e. The lowest BCUT2D eigenvalue weighted by atomic mass is 10.2. The summed E-state index contributed by atoms with van der Waals surface area (Å²) in [5, 5.41) is 15.8. The monoisotopic (exact) mass is 493 g/mol. The Bertz CT molecular complexity index is 966. The fourth-order valence-electron chi connectivity index (χ4n) is 2.86. The summed E-state index contributed by atoms with van der Waals surface area (Å²) in [6, 6.07) is 11.6. The van der Waals surface area contributed by atoms with Gasteiger partial charge in [-0.3, -0.25) is 0 Å². The Hall–Kier alpha value is -2.32. The van der Waals surface area contributed by atoms with E-state index >= 15 is 0 Å². The summed E-state index contributed by atoms with van der Waals surface area (Å²) in [7, 11) is 0. The van der Waals surface area contributed by atoms with Gasteiger partial charge in [0.2, 0.25) is 5.95 Å². The molecule has 0 fully saturated rings. The molecule has 0 spiro atoms. The van der Waals surface area contributed by atoms with Crippen molar-refractivity contribution in [1.29, 1.82) is 0 Å². The molecule has 0 aliphatic carbocycles. The van der Waals surface area contributed by atoms with Crippen molar-refractivity contribution in [2.24, 2.45) is 0 Å². The molecular weight excluding hydrogens is 470 g/mol. The maximum absolute atomic E-state index is 6.24. The zero-order valence-electron chi connectivity index (χ0n) is 17.1. The second kappa shape index (κ2) is 11.2. The Labute approximate surface area is 189 Å². The van der Waals surface area contributed by atoms with E-state index in [1.165, 1.54) is 0 Å². The quantitative estimate of drug-likeness (QED) is 0.380. The van der Waals surface area contributed by atoms with Crippen molar-refractivity contribution in [2.45, 2.75) is 46.4 Å². The van der Waals surface area contributed by atoms with Gasteiger partial charge in [0.1, 0.15) is 6.61 Å². The highest BCUT2D eigenvalue weighted by molar-refractivity contribution is 9.10. The number of ether oxygens (including phenoxy) is 2. The third-order valence-corrected chi connectivity index (χ3v) is 5.36. The summed E-state index contributed by atoms with van der Waals surface area (Å²) in [6.07, 6.45) is 2.11. The van der Waals surface area contributed by atoms with E-state index in [-0.39, 0.29) is 0 Å². The lowest BCUT2D eigenvalue weighted by Crippen LogP contribution is -2.09. The first kappa shape index (κ1) is 22.4. The molecule has 9 heteroatoms. The van der Waals surface area contributed by atoms with E-state index in [1.54, 1.807) is 4.68 Å². The van der Waals surface area contributed by atoms with Crippen LogP contribution in [0.4, 0.5) is 5.95 Å². The highest BCUT2D eigenvalue weighted by Crippen LogP contribution is 2.38. The standard InChI is InChI=1S/C21H25BrClN5O2/c1-3-5-10-28-21(25-26-27-28)24-13-15-11-17(22)20(19(12-15)29-4-2)30-14-16-8-6-7-9-18(16)23/h6-9,11-12H,3-5,10,13-14H2,1-2H3,(H,24,25,27). The maximum atomic E-state index is 6.24. The average Bonchev–Trinajstić information content (AvgIpc) is 3.19. The van der Waals surface area contributed by atoms with Crippen LogP contribution in [0.2, 0.25) is 5.02 Å². The van der Waals surface area contributed by atoms with Crippen molar-refractivity contribution in [1.82, 2.24) is 20.2 Å². The van der Waals surface area contributed by atoms with Crippen LogP contribution in [0.5, 0.6) is 11.5 Å². The second-order valence-corrected chi connectivity index (χ2v) is 7.91. The molecule has 7 nitrogen and oxygen atoms in total. The van der Waals surface area contributed by atoms with Gasteiger partial charge in [0.25, 0.3) is 0 Å². The van der Waals surface area contributed by atoms with Crippen LogP contribution < -0.4 is 14.8 Å².